The van der Waals surface area contributed by atoms with Gasteiger partial charge < -0.3 is 9.84 Å². The van der Waals surface area contributed by atoms with Crippen molar-refractivity contribution in [1.82, 2.24) is 0 Å². The summed E-state index contributed by atoms with van der Waals surface area (Å²) in [6.45, 7) is 5.80. The van der Waals surface area contributed by atoms with E-state index in [1.807, 2.05) is 0 Å². The normalized spacial score (nSPS) is 9.69. The largest absolute Gasteiger partial charge is 0.507 e. The van der Waals surface area contributed by atoms with Crippen molar-refractivity contribution >= 4 is 5.76 Å². The molecule has 0 saturated carbocycles. The van der Waals surface area contributed by atoms with E-state index in [-0.39, 0.29) is 11.5 Å². The fraction of sp³-hybridized carbons (Fsp3) is 0.200. The van der Waals surface area contributed by atoms with Crippen LogP contribution in [0.1, 0.15) is 12.5 Å². The van der Waals surface area contributed by atoms with Crippen LogP contribution in [0.15, 0.2) is 24.8 Å². The number of benzene rings is 1. The van der Waals surface area contributed by atoms with E-state index >= 15 is 0 Å². The molecule has 0 aromatic heterocycles. The van der Waals surface area contributed by atoms with Gasteiger partial charge in [-0.05, 0) is 25.1 Å². The molecule has 0 amide bonds. The molecule has 0 aliphatic rings. The van der Waals surface area contributed by atoms with E-state index in [4.69, 9.17) is 4.74 Å². The summed E-state index contributed by atoms with van der Waals surface area (Å²) in [7, 11) is 0. The number of hydrogen-bond donors (Lipinski definition) is 1. The minimum absolute atomic E-state index is 0.0279. The highest BCUT2D eigenvalue weighted by Crippen LogP contribution is 2.25. The Morgan fingerprint density at radius 1 is 1.62 bits per heavy atom. The fourth-order valence-electron chi connectivity index (χ4n) is 0.984. The van der Waals surface area contributed by atoms with Crippen molar-refractivity contribution < 1.29 is 14.2 Å². The minimum Gasteiger partial charge on any atom is -0.507 e. The summed E-state index contributed by atoms with van der Waals surface area (Å²) in [5, 5.41) is 9.32. The van der Waals surface area contributed by atoms with Gasteiger partial charge >= 0.3 is 0 Å². The van der Waals surface area contributed by atoms with Crippen molar-refractivity contribution in [2.24, 2.45) is 0 Å². The third-order valence-corrected chi connectivity index (χ3v) is 1.58. The van der Waals surface area contributed by atoms with Gasteiger partial charge in [-0.2, -0.15) is 0 Å². The lowest BCUT2D eigenvalue weighted by molar-refractivity contribution is 0.297. The summed E-state index contributed by atoms with van der Waals surface area (Å²) < 4.78 is 17.8. The van der Waals surface area contributed by atoms with Crippen molar-refractivity contribution in [2.75, 3.05) is 6.61 Å². The predicted octanol–water partition coefficient (Wildman–Crippen LogP) is 2.54. The molecule has 2 nitrogen and oxygen atoms in total. The van der Waals surface area contributed by atoms with E-state index in [2.05, 4.69) is 6.58 Å². The Hall–Kier alpha value is -1.51. The summed E-state index contributed by atoms with van der Waals surface area (Å²) in [5.74, 6) is -0.173. The number of phenols is 1. The molecule has 0 heterocycles. The van der Waals surface area contributed by atoms with Crippen LogP contribution >= 0.6 is 0 Å². The third-order valence-electron chi connectivity index (χ3n) is 1.58. The molecule has 0 atom stereocenters. The van der Waals surface area contributed by atoms with Crippen LogP contribution in [-0.2, 0) is 4.74 Å². The Labute approximate surface area is 76.3 Å². The predicted molar refractivity (Wildman–Crippen MR) is 48.7 cm³/mol. The van der Waals surface area contributed by atoms with Gasteiger partial charge in [-0.1, -0.05) is 6.58 Å². The highest BCUT2D eigenvalue weighted by molar-refractivity contribution is 5.63. The smallest absolute Gasteiger partial charge is 0.126 e. The first-order valence-corrected chi connectivity index (χ1v) is 3.95. The van der Waals surface area contributed by atoms with E-state index in [0.717, 1.165) is 0 Å². The van der Waals surface area contributed by atoms with E-state index < -0.39 is 5.82 Å². The Morgan fingerprint density at radius 3 is 2.92 bits per heavy atom. The number of aromatic hydroxyl groups is 1. The molecule has 70 valence electrons. The van der Waals surface area contributed by atoms with Crippen molar-refractivity contribution in [3.63, 3.8) is 0 Å². The quantitative estimate of drug-likeness (QED) is 0.728. The molecule has 1 N–H and O–H groups in total. The fourth-order valence-corrected chi connectivity index (χ4v) is 0.984. The lowest BCUT2D eigenvalue weighted by Crippen LogP contribution is -1.91. The highest BCUT2D eigenvalue weighted by atomic mass is 19.1. The summed E-state index contributed by atoms with van der Waals surface area (Å²) in [6, 6.07) is 3.64. The molecule has 13 heavy (non-hydrogen) atoms. The zero-order valence-corrected chi connectivity index (χ0v) is 7.38. The van der Waals surface area contributed by atoms with Gasteiger partial charge in [0.15, 0.2) is 0 Å². The van der Waals surface area contributed by atoms with Gasteiger partial charge in [-0.15, -0.1) is 0 Å². The molecule has 0 radical (unpaired) electrons. The summed E-state index contributed by atoms with van der Waals surface area (Å²) in [6.07, 6.45) is 0. The van der Waals surface area contributed by atoms with Gasteiger partial charge in [-0.3, -0.25) is 0 Å². The maximum atomic E-state index is 12.7. The Balaban J connectivity index is 2.99. The Bertz CT molecular complexity index is 321. The molecule has 0 bridgehead atoms. The average Bonchev–Trinajstić information content (AvgIpc) is 2.09. The first-order chi connectivity index (χ1) is 6.15. The summed E-state index contributed by atoms with van der Waals surface area (Å²) in [4.78, 5) is 0. The van der Waals surface area contributed by atoms with Gasteiger partial charge in [0.25, 0.3) is 0 Å². The van der Waals surface area contributed by atoms with Crippen LogP contribution < -0.4 is 0 Å². The van der Waals surface area contributed by atoms with Crippen LogP contribution in [0, 0.1) is 5.82 Å². The molecule has 0 fully saturated rings. The number of ether oxygens (including phenoxy) is 1. The number of rotatable bonds is 3. The zero-order valence-electron chi connectivity index (χ0n) is 7.38. The van der Waals surface area contributed by atoms with Crippen LogP contribution in [0.2, 0.25) is 0 Å². The molecule has 0 unspecified atom stereocenters. The summed E-state index contributed by atoms with van der Waals surface area (Å²) >= 11 is 0. The van der Waals surface area contributed by atoms with Gasteiger partial charge in [0, 0.05) is 0 Å². The maximum absolute atomic E-state index is 12.7. The standard InChI is InChI=1S/C10H11FO2/c1-3-13-7(2)9-6-8(11)4-5-10(9)12/h4-6,12H,2-3H2,1H3. The molecule has 1 aromatic rings. The van der Waals surface area contributed by atoms with E-state index in [0.29, 0.717) is 12.2 Å². The molecular weight excluding hydrogens is 171 g/mol. The molecular formula is C10H11FO2. The Morgan fingerprint density at radius 2 is 2.31 bits per heavy atom. The second-order valence-electron chi connectivity index (χ2n) is 2.52. The lowest BCUT2D eigenvalue weighted by atomic mass is 10.1. The second kappa shape index (κ2) is 3.94. The van der Waals surface area contributed by atoms with Crippen LogP contribution in [0.25, 0.3) is 5.76 Å². The van der Waals surface area contributed by atoms with E-state index in [1.165, 1.54) is 18.2 Å². The molecule has 0 aliphatic carbocycles. The van der Waals surface area contributed by atoms with E-state index in [1.54, 1.807) is 6.92 Å². The van der Waals surface area contributed by atoms with Crippen LogP contribution in [0.3, 0.4) is 0 Å². The molecule has 3 heteroatoms. The molecule has 1 rings (SSSR count). The number of halogens is 1. The molecule has 0 saturated heterocycles. The maximum Gasteiger partial charge on any atom is 0.126 e. The van der Waals surface area contributed by atoms with Gasteiger partial charge in [0.05, 0.1) is 12.2 Å². The molecule has 1 aromatic carbocycles. The number of phenolic OH excluding ortho intramolecular Hbond substituents is 1. The van der Waals surface area contributed by atoms with Crippen molar-refractivity contribution in [3.8, 4) is 5.75 Å². The molecule has 0 spiro atoms. The SMILES string of the molecule is C=C(OCC)c1cc(F)ccc1O. The lowest BCUT2D eigenvalue weighted by Gasteiger charge is -2.08. The van der Waals surface area contributed by atoms with Crippen LogP contribution in [0.4, 0.5) is 4.39 Å². The average molecular weight is 182 g/mol. The first-order valence-electron chi connectivity index (χ1n) is 3.95. The zero-order chi connectivity index (χ0) is 9.84. The van der Waals surface area contributed by atoms with Crippen molar-refractivity contribution in [2.45, 2.75) is 6.92 Å². The van der Waals surface area contributed by atoms with Crippen molar-refractivity contribution in [3.05, 3.63) is 36.2 Å². The first kappa shape index (κ1) is 9.58. The van der Waals surface area contributed by atoms with Crippen molar-refractivity contribution in [1.29, 1.82) is 0 Å². The van der Waals surface area contributed by atoms with Crippen LogP contribution in [-0.4, -0.2) is 11.7 Å². The van der Waals surface area contributed by atoms with Gasteiger partial charge in [0.2, 0.25) is 0 Å². The van der Waals surface area contributed by atoms with Gasteiger partial charge in [0.1, 0.15) is 17.3 Å². The monoisotopic (exact) mass is 182 g/mol. The van der Waals surface area contributed by atoms with Gasteiger partial charge in [-0.25, -0.2) is 4.39 Å². The second-order valence-corrected chi connectivity index (χ2v) is 2.52. The number of hydrogen-bond acceptors (Lipinski definition) is 2. The van der Waals surface area contributed by atoms with Crippen LogP contribution in [0.5, 0.6) is 5.75 Å². The third kappa shape index (κ3) is 2.21. The highest BCUT2D eigenvalue weighted by Gasteiger charge is 2.06. The topological polar surface area (TPSA) is 29.5 Å². The minimum atomic E-state index is -0.423. The van der Waals surface area contributed by atoms with E-state index in [9.17, 15) is 9.50 Å². The summed E-state index contributed by atoms with van der Waals surface area (Å²) in [5.41, 5.74) is 0.293. The molecule has 0 aliphatic heterocycles. The Kier molecular flexibility index (Phi) is 2.90.